The molecule has 0 spiro atoms. The van der Waals surface area contributed by atoms with E-state index in [4.69, 9.17) is 0 Å². The summed E-state index contributed by atoms with van der Waals surface area (Å²) in [6.07, 6.45) is 0. The van der Waals surface area contributed by atoms with E-state index in [-0.39, 0.29) is 4.90 Å². The standard InChI is InChI=1S/C13H11O2S/c1-11-7-5-6-10-13(11)16(14,15)12-8-3-2-4-9-12/h2-3,5-10H,1H3. The maximum Gasteiger partial charge on any atom is 0.206 e. The van der Waals surface area contributed by atoms with E-state index in [9.17, 15) is 8.42 Å². The summed E-state index contributed by atoms with van der Waals surface area (Å²) in [7, 11) is -3.40. The van der Waals surface area contributed by atoms with Crippen molar-refractivity contribution in [2.75, 3.05) is 0 Å². The van der Waals surface area contributed by atoms with E-state index in [2.05, 4.69) is 6.07 Å². The Morgan fingerprint density at radius 2 is 1.81 bits per heavy atom. The van der Waals surface area contributed by atoms with Gasteiger partial charge in [0, 0.05) is 0 Å². The largest absolute Gasteiger partial charge is 0.219 e. The molecule has 0 heterocycles. The highest BCUT2D eigenvalue weighted by Gasteiger charge is 2.18. The first-order chi connectivity index (χ1) is 7.62. The number of benzene rings is 2. The lowest BCUT2D eigenvalue weighted by Crippen LogP contribution is -2.03. The molecule has 0 N–H and O–H groups in total. The van der Waals surface area contributed by atoms with E-state index in [0.717, 1.165) is 5.56 Å². The minimum atomic E-state index is -3.40. The Balaban J connectivity index is 2.62. The highest BCUT2D eigenvalue weighted by molar-refractivity contribution is 7.91. The molecule has 1 radical (unpaired) electrons. The van der Waals surface area contributed by atoms with Crippen molar-refractivity contribution in [3.05, 3.63) is 60.2 Å². The fourth-order valence-corrected chi connectivity index (χ4v) is 3.01. The monoisotopic (exact) mass is 231 g/mol. The van der Waals surface area contributed by atoms with Crippen LogP contribution in [0.2, 0.25) is 0 Å². The zero-order valence-corrected chi connectivity index (χ0v) is 9.66. The number of rotatable bonds is 2. The summed E-state index contributed by atoms with van der Waals surface area (Å²) < 4.78 is 24.5. The van der Waals surface area contributed by atoms with E-state index in [0.29, 0.717) is 4.90 Å². The third-order valence-corrected chi connectivity index (χ3v) is 4.28. The Morgan fingerprint density at radius 1 is 1.06 bits per heavy atom. The molecule has 81 valence electrons. The van der Waals surface area contributed by atoms with Crippen LogP contribution in [-0.4, -0.2) is 8.42 Å². The number of sulfone groups is 1. The Labute approximate surface area is 95.5 Å². The highest BCUT2D eigenvalue weighted by Crippen LogP contribution is 2.22. The Hall–Kier alpha value is -1.61. The summed E-state index contributed by atoms with van der Waals surface area (Å²) in [5, 5.41) is 0. The molecule has 2 aromatic carbocycles. The van der Waals surface area contributed by atoms with Crippen LogP contribution in [0.15, 0.2) is 58.3 Å². The summed E-state index contributed by atoms with van der Waals surface area (Å²) in [6.45, 7) is 1.79. The molecule has 0 unspecified atom stereocenters. The zero-order chi connectivity index (χ0) is 11.6. The minimum Gasteiger partial charge on any atom is -0.219 e. The van der Waals surface area contributed by atoms with Crippen molar-refractivity contribution < 1.29 is 8.42 Å². The molecule has 0 aromatic heterocycles. The van der Waals surface area contributed by atoms with Gasteiger partial charge in [0.25, 0.3) is 0 Å². The predicted molar refractivity (Wildman–Crippen MR) is 61.9 cm³/mol. The molecule has 0 saturated heterocycles. The second kappa shape index (κ2) is 4.10. The quantitative estimate of drug-likeness (QED) is 0.796. The first kappa shape index (κ1) is 10.9. The van der Waals surface area contributed by atoms with E-state index < -0.39 is 9.84 Å². The molecule has 0 atom stereocenters. The van der Waals surface area contributed by atoms with Crippen LogP contribution in [0.25, 0.3) is 0 Å². The first-order valence-corrected chi connectivity index (χ1v) is 6.37. The van der Waals surface area contributed by atoms with Crippen molar-refractivity contribution in [3.8, 4) is 0 Å². The van der Waals surface area contributed by atoms with Crippen molar-refractivity contribution in [1.29, 1.82) is 0 Å². The average Bonchev–Trinajstić information content (AvgIpc) is 2.30. The second-order valence-electron chi connectivity index (χ2n) is 3.51. The molecule has 16 heavy (non-hydrogen) atoms. The molecular formula is C13H11O2S. The fraction of sp³-hybridized carbons (Fsp3) is 0.0769. The Kier molecular flexibility index (Phi) is 2.79. The minimum absolute atomic E-state index is 0.282. The summed E-state index contributed by atoms with van der Waals surface area (Å²) in [5.41, 5.74) is 0.756. The molecule has 2 rings (SSSR count). The molecular weight excluding hydrogens is 220 g/mol. The molecule has 0 aliphatic carbocycles. The van der Waals surface area contributed by atoms with Crippen LogP contribution in [0.1, 0.15) is 5.56 Å². The molecule has 0 aliphatic heterocycles. The lowest BCUT2D eigenvalue weighted by atomic mass is 10.2. The lowest BCUT2D eigenvalue weighted by molar-refractivity contribution is 0.595. The summed E-state index contributed by atoms with van der Waals surface area (Å²) in [6, 6.07) is 16.2. The first-order valence-electron chi connectivity index (χ1n) is 4.89. The zero-order valence-electron chi connectivity index (χ0n) is 8.84. The normalized spacial score (nSPS) is 11.3. The van der Waals surface area contributed by atoms with E-state index in [1.807, 2.05) is 6.07 Å². The maximum absolute atomic E-state index is 12.2. The molecule has 2 aromatic rings. The molecule has 0 bridgehead atoms. The Morgan fingerprint density at radius 3 is 2.44 bits per heavy atom. The second-order valence-corrected chi connectivity index (χ2v) is 5.43. The number of hydrogen-bond donors (Lipinski definition) is 0. The number of hydrogen-bond acceptors (Lipinski definition) is 2. The van der Waals surface area contributed by atoms with Crippen LogP contribution >= 0.6 is 0 Å². The van der Waals surface area contributed by atoms with Gasteiger partial charge in [0.15, 0.2) is 0 Å². The van der Waals surface area contributed by atoms with Gasteiger partial charge in [-0.1, -0.05) is 30.3 Å². The van der Waals surface area contributed by atoms with Gasteiger partial charge in [-0.15, -0.1) is 0 Å². The van der Waals surface area contributed by atoms with Crippen LogP contribution < -0.4 is 0 Å². The van der Waals surface area contributed by atoms with Crippen molar-refractivity contribution in [3.63, 3.8) is 0 Å². The summed E-state index contributed by atoms with van der Waals surface area (Å²) in [5.74, 6) is 0. The summed E-state index contributed by atoms with van der Waals surface area (Å²) >= 11 is 0. The van der Waals surface area contributed by atoms with Gasteiger partial charge in [-0.3, -0.25) is 0 Å². The average molecular weight is 231 g/mol. The van der Waals surface area contributed by atoms with Gasteiger partial charge in [-0.25, -0.2) is 8.42 Å². The Bertz CT molecular complexity index is 586. The van der Waals surface area contributed by atoms with Gasteiger partial charge in [-0.2, -0.15) is 0 Å². The molecule has 0 fully saturated rings. The fourth-order valence-electron chi connectivity index (χ4n) is 1.53. The van der Waals surface area contributed by atoms with Crippen LogP contribution in [-0.2, 0) is 9.84 Å². The van der Waals surface area contributed by atoms with Gasteiger partial charge in [0.2, 0.25) is 9.84 Å². The van der Waals surface area contributed by atoms with E-state index in [1.165, 1.54) is 6.07 Å². The topological polar surface area (TPSA) is 34.1 Å². The van der Waals surface area contributed by atoms with Gasteiger partial charge in [0.05, 0.1) is 9.79 Å². The van der Waals surface area contributed by atoms with Crippen LogP contribution in [0.3, 0.4) is 0 Å². The van der Waals surface area contributed by atoms with E-state index in [1.54, 1.807) is 43.3 Å². The van der Waals surface area contributed by atoms with Crippen LogP contribution in [0.5, 0.6) is 0 Å². The third kappa shape index (κ3) is 1.86. The van der Waals surface area contributed by atoms with Crippen molar-refractivity contribution in [1.82, 2.24) is 0 Å². The summed E-state index contributed by atoms with van der Waals surface area (Å²) in [4.78, 5) is 0.638. The smallest absolute Gasteiger partial charge is 0.206 e. The van der Waals surface area contributed by atoms with Crippen LogP contribution in [0, 0.1) is 13.0 Å². The van der Waals surface area contributed by atoms with Gasteiger partial charge < -0.3 is 0 Å². The highest BCUT2D eigenvalue weighted by atomic mass is 32.2. The van der Waals surface area contributed by atoms with Crippen LogP contribution in [0.4, 0.5) is 0 Å². The predicted octanol–water partition coefficient (Wildman–Crippen LogP) is 2.63. The van der Waals surface area contributed by atoms with E-state index >= 15 is 0 Å². The van der Waals surface area contributed by atoms with Gasteiger partial charge in [-0.05, 0) is 36.8 Å². The third-order valence-electron chi connectivity index (χ3n) is 2.37. The molecule has 2 nitrogen and oxygen atoms in total. The SMILES string of the molecule is Cc1ccccc1S(=O)(=O)c1c[c]ccc1. The van der Waals surface area contributed by atoms with Gasteiger partial charge in [0.1, 0.15) is 0 Å². The van der Waals surface area contributed by atoms with Crippen molar-refractivity contribution in [2.45, 2.75) is 16.7 Å². The molecule has 0 amide bonds. The number of aryl methyl sites for hydroxylation is 1. The van der Waals surface area contributed by atoms with Gasteiger partial charge >= 0.3 is 0 Å². The lowest BCUT2D eigenvalue weighted by Gasteiger charge is -2.06. The molecule has 0 aliphatic rings. The van der Waals surface area contributed by atoms with Crippen molar-refractivity contribution >= 4 is 9.84 Å². The van der Waals surface area contributed by atoms with Crippen molar-refractivity contribution in [2.24, 2.45) is 0 Å². The maximum atomic E-state index is 12.2. The molecule has 3 heteroatoms. The molecule has 0 saturated carbocycles.